The van der Waals surface area contributed by atoms with Crippen LogP contribution in [-0.2, 0) is 0 Å². The number of hydrogen-bond donors (Lipinski definition) is 1. The molecule has 1 N–H and O–H groups in total. The third-order valence-electron chi connectivity index (χ3n) is 2.60. The van der Waals surface area contributed by atoms with Crippen LogP contribution in [0, 0.1) is 6.92 Å². The number of carbonyl (C=O) groups is 1. The molecule has 17 heavy (non-hydrogen) atoms. The van der Waals surface area contributed by atoms with Crippen molar-refractivity contribution in [1.82, 2.24) is 10.3 Å². The van der Waals surface area contributed by atoms with Gasteiger partial charge in [-0.05, 0) is 36.3 Å². The average molecular weight is 346 g/mol. The largest absolute Gasteiger partial charge is 0.352 e. The van der Waals surface area contributed by atoms with Crippen LogP contribution in [0.4, 0.5) is 0 Å². The first-order chi connectivity index (χ1) is 8.25. The molecule has 94 valence electrons. The predicted octanol–water partition coefficient (Wildman–Crippen LogP) is 3.12. The van der Waals surface area contributed by atoms with E-state index in [0.29, 0.717) is 5.56 Å². The van der Waals surface area contributed by atoms with Crippen LogP contribution in [-0.4, -0.2) is 21.9 Å². The fourth-order valence-corrected chi connectivity index (χ4v) is 2.13. The van der Waals surface area contributed by atoms with Gasteiger partial charge in [0.15, 0.2) is 0 Å². The van der Waals surface area contributed by atoms with E-state index >= 15 is 0 Å². The van der Waals surface area contributed by atoms with Gasteiger partial charge in [-0.3, -0.25) is 9.78 Å². The molecule has 1 amide bonds. The summed E-state index contributed by atoms with van der Waals surface area (Å²) in [4.78, 5) is 15.9. The van der Waals surface area contributed by atoms with Crippen molar-refractivity contribution in [2.75, 3.05) is 11.0 Å². The lowest BCUT2D eigenvalue weighted by molar-refractivity contribution is 0.0952. The number of hydrogen-bond acceptors (Lipinski definition) is 2. The minimum Gasteiger partial charge on any atom is -0.352 e. The number of pyridine rings is 1. The highest BCUT2D eigenvalue weighted by molar-refractivity contribution is 14.1. The van der Waals surface area contributed by atoms with E-state index in [4.69, 9.17) is 0 Å². The van der Waals surface area contributed by atoms with Crippen molar-refractivity contribution in [3.8, 4) is 0 Å². The van der Waals surface area contributed by atoms with Crippen LogP contribution in [0.5, 0.6) is 0 Å². The molecule has 1 aromatic rings. The summed E-state index contributed by atoms with van der Waals surface area (Å²) in [7, 11) is 0. The molecular formula is C13H19IN2O. The van der Waals surface area contributed by atoms with Crippen LogP contribution in [0.1, 0.15) is 41.7 Å². The number of carbonyl (C=O) groups excluding carboxylic acids is 1. The van der Waals surface area contributed by atoms with Crippen LogP contribution in [0.3, 0.4) is 0 Å². The molecule has 1 rings (SSSR count). The third-order valence-corrected chi connectivity index (χ3v) is 3.36. The zero-order valence-electron chi connectivity index (χ0n) is 10.2. The number of unbranched alkanes of at least 4 members (excludes halogenated alkanes) is 3. The van der Waals surface area contributed by atoms with Crippen LogP contribution >= 0.6 is 22.6 Å². The van der Waals surface area contributed by atoms with Crippen molar-refractivity contribution in [2.45, 2.75) is 32.6 Å². The fourth-order valence-electron chi connectivity index (χ4n) is 1.59. The van der Waals surface area contributed by atoms with Gasteiger partial charge < -0.3 is 5.32 Å². The summed E-state index contributed by atoms with van der Waals surface area (Å²) in [6.45, 7) is 2.61. The van der Waals surface area contributed by atoms with E-state index < -0.39 is 0 Å². The Balaban J connectivity index is 2.24. The van der Waals surface area contributed by atoms with E-state index in [2.05, 4.69) is 32.9 Å². The Morgan fingerprint density at radius 3 is 2.82 bits per heavy atom. The van der Waals surface area contributed by atoms with Crippen molar-refractivity contribution in [3.05, 3.63) is 29.6 Å². The molecule has 0 aliphatic heterocycles. The Kier molecular flexibility index (Phi) is 7.16. The molecule has 0 aromatic carbocycles. The van der Waals surface area contributed by atoms with Crippen LogP contribution in [0.15, 0.2) is 18.3 Å². The minimum absolute atomic E-state index is 0.00973. The zero-order chi connectivity index (χ0) is 12.5. The molecule has 0 aliphatic rings. The molecule has 1 aromatic heterocycles. The lowest BCUT2D eigenvalue weighted by atomic mass is 10.2. The maximum absolute atomic E-state index is 11.8. The van der Waals surface area contributed by atoms with Crippen LogP contribution in [0.2, 0.25) is 0 Å². The summed E-state index contributed by atoms with van der Waals surface area (Å²) in [6, 6.07) is 3.61. The number of alkyl halides is 1. The number of amides is 1. The van der Waals surface area contributed by atoms with E-state index in [1.165, 1.54) is 23.7 Å². The lowest BCUT2D eigenvalue weighted by Gasteiger charge is -2.06. The molecule has 4 heteroatoms. The highest BCUT2D eigenvalue weighted by Gasteiger charge is 2.07. The molecule has 1 heterocycles. The second-order valence-corrected chi connectivity index (χ2v) is 5.07. The molecule has 0 bridgehead atoms. The number of nitrogens with one attached hydrogen (secondary N) is 1. The van der Waals surface area contributed by atoms with Crippen molar-refractivity contribution in [1.29, 1.82) is 0 Å². The maximum atomic E-state index is 11.8. The van der Waals surface area contributed by atoms with E-state index in [0.717, 1.165) is 18.7 Å². The van der Waals surface area contributed by atoms with Gasteiger partial charge in [0.25, 0.3) is 5.91 Å². The van der Waals surface area contributed by atoms with E-state index in [-0.39, 0.29) is 5.91 Å². The smallest absolute Gasteiger partial charge is 0.253 e. The lowest BCUT2D eigenvalue weighted by Crippen LogP contribution is -2.25. The highest BCUT2D eigenvalue weighted by Crippen LogP contribution is 2.04. The Morgan fingerprint density at radius 2 is 2.12 bits per heavy atom. The normalized spacial score (nSPS) is 10.2. The third kappa shape index (κ3) is 5.48. The molecule has 0 aliphatic carbocycles. The molecule has 0 spiro atoms. The van der Waals surface area contributed by atoms with Gasteiger partial charge in [-0.2, -0.15) is 0 Å². The van der Waals surface area contributed by atoms with Gasteiger partial charge in [-0.25, -0.2) is 0 Å². The first kappa shape index (κ1) is 14.4. The maximum Gasteiger partial charge on any atom is 0.253 e. The topological polar surface area (TPSA) is 42.0 Å². The van der Waals surface area contributed by atoms with Crippen LogP contribution < -0.4 is 5.32 Å². The van der Waals surface area contributed by atoms with Gasteiger partial charge >= 0.3 is 0 Å². The Hall–Kier alpha value is -0.650. The van der Waals surface area contributed by atoms with Crippen molar-refractivity contribution >= 4 is 28.5 Å². The minimum atomic E-state index is -0.00973. The molecule has 0 saturated carbocycles. The average Bonchev–Trinajstić information content (AvgIpc) is 2.34. The van der Waals surface area contributed by atoms with Gasteiger partial charge in [0, 0.05) is 18.4 Å². The zero-order valence-corrected chi connectivity index (χ0v) is 12.4. The first-order valence-corrected chi connectivity index (χ1v) is 7.54. The number of aromatic nitrogens is 1. The summed E-state index contributed by atoms with van der Waals surface area (Å²) in [6.07, 6.45) is 6.48. The quantitative estimate of drug-likeness (QED) is 0.468. The summed E-state index contributed by atoms with van der Waals surface area (Å²) in [5.41, 5.74) is 1.47. The second-order valence-electron chi connectivity index (χ2n) is 4.00. The van der Waals surface area contributed by atoms with Gasteiger partial charge in [-0.1, -0.05) is 35.4 Å². The Bertz CT molecular complexity index is 355. The SMILES string of the molecule is Cc1ncccc1C(=O)NCCCCCCI. The summed E-state index contributed by atoms with van der Waals surface area (Å²) < 4.78 is 1.22. The molecule has 0 unspecified atom stereocenters. The summed E-state index contributed by atoms with van der Waals surface area (Å²) >= 11 is 2.39. The van der Waals surface area contributed by atoms with Crippen molar-refractivity contribution < 1.29 is 4.79 Å². The van der Waals surface area contributed by atoms with Gasteiger partial charge in [0.2, 0.25) is 0 Å². The Labute approximate surface area is 117 Å². The molecule has 0 fully saturated rings. The number of nitrogens with zero attached hydrogens (tertiary/aromatic N) is 1. The highest BCUT2D eigenvalue weighted by atomic mass is 127. The first-order valence-electron chi connectivity index (χ1n) is 6.01. The van der Waals surface area contributed by atoms with Gasteiger partial charge in [-0.15, -0.1) is 0 Å². The molecular weight excluding hydrogens is 327 g/mol. The van der Waals surface area contributed by atoms with E-state index in [9.17, 15) is 4.79 Å². The van der Waals surface area contributed by atoms with E-state index in [1.807, 2.05) is 13.0 Å². The number of aryl methyl sites for hydroxylation is 1. The Morgan fingerprint density at radius 1 is 1.35 bits per heavy atom. The fraction of sp³-hybridized carbons (Fsp3) is 0.538. The second kappa shape index (κ2) is 8.44. The summed E-state index contributed by atoms with van der Waals surface area (Å²) in [5, 5.41) is 2.94. The summed E-state index contributed by atoms with van der Waals surface area (Å²) in [5.74, 6) is -0.00973. The molecule has 0 saturated heterocycles. The monoisotopic (exact) mass is 346 g/mol. The number of rotatable bonds is 7. The van der Waals surface area contributed by atoms with E-state index in [1.54, 1.807) is 12.3 Å². The van der Waals surface area contributed by atoms with Crippen LogP contribution in [0.25, 0.3) is 0 Å². The number of halogens is 1. The predicted molar refractivity (Wildman–Crippen MR) is 78.7 cm³/mol. The van der Waals surface area contributed by atoms with Crippen molar-refractivity contribution in [2.24, 2.45) is 0 Å². The molecule has 0 atom stereocenters. The molecule has 0 radical (unpaired) electrons. The molecule has 3 nitrogen and oxygen atoms in total. The van der Waals surface area contributed by atoms with Crippen molar-refractivity contribution in [3.63, 3.8) is 0 Å². The van der Waals surface area contributed by atoms with Gasteiger partial charge in [0.1, 0.15) is 0 Å². The standard InChI is InChI=1S/C13H19IN2O/c1-11-12(7-6-10-15-11)13(17)16-9-5-3-2-4-8-14/h6-7,10H,2-5,8-9H2,1H3,(H,16,17). The van der Waals surface area contributed by atoms with Gasteiger partial charge in [0.05, 0.1) is 5.56 Å².